The van der Waals surface area contributed by atoms with E-state index in [9.17, 15) is 0 Å². The van der Waals surface area contributed by atoms with E-state index in [2.05, 4.69) is 44.9 Å². The summed E-state index contributed by atoms with van der Waals surface area (Å²) in [5.74, 6) is 1.87. The minimum absolute atomic E-state index is 0.746. The van der Waals surface area contributed by atoms with Crippen LogP contribution in [0.2, 0.25) is 0 Å². The van der Waals surface area contributed by atoms with Gasteiger partial charge in [0, 0.05) is 39.1 Å². The van der Waals surface area contributed by atoms with E-state index in [0.29, 0.717) is 0 Å². The Morgan fingerprint density at radius 1 is 1.29 bits per heavy atom. The first-order valence-electron chi connectivity index (χ1n) is 7.32. The molecule has 0 bridgehead atoms. The number of hydrogen-bond acceptors (Lipinski definition) is 5. The summed E-state index contributed by atoms with van der Waals surface area (Å²) in [6, 6.07) is 10.4. The van der Waals surface area contributed by atoms with Crippen molar-refractivity contribution in [3.05, 3.63) is 35.9 Å². The van der Waals surface area contributed by atoms with Gasteiger partial charge in [0.2, 0.25) is 0 Å². The van der Waals surface area contributed by atoms with Crippen LogP contribution in [0.3, 0.4) is 0 Å². The number of anilines is 1. The third kappa shape index (κ3) is 3.07. The second-order valence-electron chi connectivity index (χ2n) is 5.42. The largest absolute Gasteiger partial charge is 0.363 e. The summed E-state index contributed by atoms with van der Waals surface area (Å²) in [6.07, 6.45) is 1.11. The third-order valence-corrected chi connectivity index (χ3v) is 3.59. The molecule has 0 atom stereocenters. The molecule has 0 aliphatic carbocycles. The second kappa shape index (κ2) is 5.99. The number of aromatic nitrogens is 1. The molecule has 0 saturated carbocycles. The maximum atomic E-state index is 4.68. The fourth-order valence-electron chi connectivity index (χ4n) is 2.44. The van der Waals surface area contributed by atoms with Crippen molar-refractivity contribution in [1.82, 2.24) is 15.6 Å². The molecule has 2 heterocycles. The summed E-state index contributed by atoms with van der Waals surface area (Å²) in [5, 5.41) is 7.86. The predicted octanol–water partition coefficient (Wildman–Crippen LogP) is 1.74. The van der Waals surface area contributed by atoms with Crippen LogP contribution in [0.4, 0.5) is 5.82 Å². The van der Waals surface area contributed by atoms with Gasteiger partial charge in [-0.3, -0.25) is 4.99 Å². The molecular formula is C16H21N5. The lowest BCUT2D eigenvalue weighted by atomic mass is 10.1. The molecule has 1 aromatic carbocycles. The maximum Gasteiger partial charge on any atom is 0.191 e. The minimum atomic E-state index is 0.746. The van der Waals surface area contributed by atoms with Gasteiger partial charge < -0.3 is 15.5 Å². The number of para-hydroxylation sites is 1. The number of fused-ring (bicyclic) bond motifs is 1. The molecule has 0 spiro atoms. The smallest absolute Gasteiger partial charge is 0.191 e. The molecular weight excluding hydrogens is 262 g/mol. The molecule has 1 aliphatic rings. The second-order valence-corrected chi connectivity index (χ2v) is 5.42. The quantitative estimate of drug-likeness (QED) is 0.901. The van der Waals surface area contributed by atoms with Gasteiger partial charge in [-0.05, 0) is 24.1 Å². The topological polar surface area (TPSA) is 52.5 Å². The van der Waals surface area contributed by atoms with E-state index in [1.54, 1.807) is 0 Å². The van der Waals surface area contributed by atoms with Crippen molar-refractivity contribution in [2.24, 2.45) is 4.99 Å². The molecule has 2 aromatic rings. The molecule has 1 aliphatic heterocycles. The molecule has 0 fully saturated rings. The Morgan fingerprint density at radius 2 is 2.14 bits per heavy atom. The van der Waals surface area contributed by atoms with Gasteiger partial charge in [-0.15, -0.1) is 0 Å². The van der Waals surface area contributed by atoms with Gasteiger partial charge >= 0.3 is 0 Å². The van der Waals surface area contributed by atoms with E-state index in [1.165, 1.54) is 10.9 Å². The van der Waals surface area contributed by atoms with Crippen LogP contribution < -0.4 is 15.5 Å². The standard InChI is InChI=1S/C16H21N5/c1-21(2)15-10-12(11-19-16-17-8-5-9-18-16)13-6-3-4-7-14(13)20-15/h3-4,6-7,10H,5,8-9,11H2,1-2H3,(H2,17,18,19). The first-order chi connectivity index (χ1) is 10.2. The normalized spacial score (nSPS) is 14.5. The molecule has 0 radical (unpaired) electrons. The van der Waals surface area contributed by atoms with E-state index in [0.717, 1.165) is 43.3 Å². The van der Waals surface area contributed by atoms with E-state index < -0.39 is 0 Å². The van der Waals surface area contributed by atoms with E-state index in [1.807, 2.05) is 25.1 Å². The van der Waals surface area contributed by atoms with E-state index >= 15 is 0 Å². The highest BCUT2D eigenvalue weighted by molar-refractivity contribution is 5.85. The number of benzene rings is 1. The lowest BCUT2D eigenvalue weighted by molar-refractivity contribution is 0.702. The van der Waals surface area contributed by atoms with Crippen LogP contribution in [0.1, 0.15) is 12.0 Å². The Labute approximate surface area is 125 Å². The Kier molecular flexibility index (Phi) is 3.90. The maximum absolute atomic E-state index is 4.68. The zero-order chi connectivity index (χ0) is 14.7. The first-order valence-corrected chi connectivity index (χ1v) is 7.32. The zero-order valence-electron chi connectivity index (χ0n) is 12.6. The van der Waals surface area contributed by atoms with Gasteiger partial charge in [0.1, 0.15) is 5.82 Å². The molecule has 110 valence electrons. The molecule has 2 N–H and O–H groups in total. The van der Waals surface area contributed by atoms with Gasteiger partial charge in [-0.1, -0.05) is 18.2 Å². The molecule has 3 rings (SSSR count). The Balaban J connectivity index is 1.90. The van der Waals surface area contributed by atoms with Crippen LogP contribution in [0.15, 0.2) is 35.3 Å². The highest BCUT2D eigenvalue weighted by Gasteiger charge is 2.08. The van der Waals surface area contributed by atoms with Crippen molar-refractivity contribution in [3.63, 3.8) is 0 Å². The number of guanidine groups is 1. The summed E-state index contributed by atoms with van der Waals surface area (Å²) in [5.41, 5.74) is 2.26. The van der Waals surface area contributed by atoms with Crippen molar-refractivity contribution in [1.29, 1.82) is 0 Å². The number of rotatable bonds is 3. The predicted molar refractivity (Wildman–Crippen MR) is 87.8 cm³/mol. The average molecular weight is 283 g/mol. The van der Waals surface area contributed by atoms with Gasteiger partial charge in [0.25, 0.3) is 0 Å². The summed E-state index contributed by atoms with van der Waals surface area (Å²) < 4.78 is 0. The molecule has 0 amide bonds. The van der Waals surface area contributed by atoms with Crippen molar-refractivity contribution in [3.8, 4) is 0 Å². The molecule has 5 nitrogen and oxygen atoms in total. The summed E-state index contributed by atoms with van der Waals surface area (Å²) >= 11 is 0. The number of nitrogens with zero attached hydrogens (tertiary/aromatic N) is 3. The summed E-state index contributed by atoms with van der Waals surface area (Å²) in [6.45, 7) is 2.64. The third-order valence-electron chi connectivity index (χ3n) is 3.59. The highest BCUT2D eigenvalue weighted by Crippen LogP contribution is 2.21. The molecule has 0 unspecified atom stereocenters. The average Bonchev–Trinajstić information content (AvgIpc) is 2.53. The molecule has 0 saturated heterocycles. The molecule has 5 heteroatoms. The SMILES string of the molecule is CN(C)c1cc(CNC2=NCCCN2)c2ccccc2n1. The Hall–Kier alpha value is -2.30. The van der Waals surface area contributed by atoms with E-state index in [-0.39, 0.29) is 0 Å². The lowest BCUT2D eigenvalue weighted by Crippen LogP contribution is -2.40. The molecule has 1 aromatic heterocycles. The van der Waals surface area contributed by atoms with Crippen LogP contribution >= 0.6 is 0 Å². The highest BCUT2D eigenvalue weighted by atomic mass is 15.2. The van der Waals surface area contributed by atoms with Gasteiger partial charge in [0.05, 0.1) is 5.52 Å². The van der Waals surface area contributed by atoms with Crippen molar-refractivity contribution < 1.29 is 0 Å². The fourth-order valence-corrected chi connectivity index (χ4v) is 2.44. The first kappa shape index (κ1) is 13.7. The Morgan fingerprint density at radius 3 is 2.90 bits per heavy atom. The number of nitrogens with one attached hydrogen (secondary N) is 2. The number of aliphatic imine (C=N–C) groups is 1. The van der Waals surface area contributed by atoms with E-state index in [4.69, 9.17) is 0 Å². The van der Waals surface area contributed by atoms with Gasteiger partial charge in [-0.2, -0.15) is 0 Å². The lowest BCUT2D eigenvalue weighted by Gasteiger charge is -2.18. The summed E-state index contributed by atoms with van der Waals surface area (Å²) in [4.78, 5) is 11.2. The van der Waals surface area contributed by atoms with Crippen LogP contribution in [-0.4, -0.2) is 38.1 Å². The van der Waals surface area contributed by atoms with Crippen LogP contribution in [0, 0.1) is 0 Å². The minimum Gasteiger partial charge on any atom is -0.363 e. The van der Waals surface area contributed by atoms with Crippen molar-refractivity contribution in [2.45, 2.75) is 13.0 Å². The van der Waals surface area contributed by atoms with Crippen LogP contribution in [0.25, 0.3) is 10.9 Å². The van der Waals surface area contributed by atoms with Gasteiger partial charge in [0.15, 0.2) is 5.96 Å². The zero-order valence-corrected chi connectivity index (χ0v) is 12.6. The van der Waals surface area contributed by atoms with Crippen molar-refractivity contribution in [2.75, 3.05) is 32.1 Å². The monoisotopic (exact) mass is 283 g/mol. The van der Waals surface area contributed by atoms with Crippen molar-refractivity contribution >= 4 is 22.7 Å². The van der Waals surface area contributed by atoms with Gasteiger partial charge in [-0.25, -0.2) is 4.98 Å². The van der Waals surface area contributed by atoms with Crippen LogP contribution in [-0.2, 0) is 6.54 Å². The number of pyridine rings is 1. The van der Waals surface area contributed by atoms with Crippen LogP contribution in [0.5, 0.6) is 0 Å². The number of hydrogen-bond donors (Lipinski definition) is 2. The fraction of sp³-hybridized carbons (Fsp3) is 0.375. The molecule has 21 heavy (non-hydrogen) atoms. The summed E-state index contributed by atoms with van der Waals surface area (Å²) in [7, 11) is 4.03. The Bertz CT molecular complexity index is 663.